The highest BCUT2D eigenvalue weighted by Gasteiger charge is 2.53. The van der Waals surface area contributed by atoms with Gasteiger partial charge in [-0.1, -0.05) is 0 Å². The second kappa shape index (κ2) is 5.09. The van der Waals surface area contributed by atoms with Gasteiger partial charge in [0, 0.05) is 18.7 Å². The van der Waals surface area contributed by atoms with E-state index in [0.29, 0.717) is 5.75 Å². The molecule has 5 heteroatoms. The summed E-state index contributed by atoms with van der Waals surface area (Å²) in [6.07, 6.45) is 1.67. The number of benzene rings is 1. The van der Waals surface area contributed by atoms with Crippen molar-refractivity contribution in [3.63, 3.8) is 0 Å². The van der Waals surface area contributed by atoms with Crippen LogP contribution in [0.5, 0.6) is 11.5 Å². The third kappa shape index (κ3) is 2.26. The molecule has 1 fully saturated rings. The zero-order valence-corrected chi connectivity index (χ0v) is 11.8. The molecule has 1 saturated carbocycles. The summed E-state index contributed by atoms with van der Waals surface area (Å²) in [5.74, 6) is 1.44. The van der Waals surface area contributed by atoms with Gasteiger partial charge in [-0.05, 0) is 31.4 Å². The third-order valence-electron chi connectivity index (χ3n) is 3.63. The van der Waals surface area contributed by atoms with Gasteiger partial charge in [0.1, 0.15) is 11.5 Å². The summed E-state index contributed by atoms with van der Waals surface area (Å²) in [6.45, 7) is 1.98. The second-order valence-corrected chi connectivity index (χ2v) is 4.81. The van der Waals surface area contributed by atoms with E-state index in [9.17, 15) is 4.79 Å². The number of methoxy groups -OCH3 is 2. The molecule has 104 valence electrons. The Labute approximate surface area is 113 Å². The van der Waals surface area contributed by atoms with Crippen LogP contribution in [0, 0.1) is 6.92 Å². The van der Waals surface area contributed by atoms with E-state index in [4.69, 9.17) is 9.47 Å². The number of rotatable bonds is 5. The Bertz CT molecular complexity index is 496. The van der Waals surface area contributed by atoms with Gasteiger partial charge in [0.05, 0.1) is 19.6 Å². The van der Waals surface area contributed by atoms with Crippen molar-refractivity contribution in [2.75, 3.05) is 21.3 Å². The molecule has 2 N–H and O–H groups in total. The van der Waals surface area contributed by atoms with Crippen molar-refractivity contribution in [1.82, 2.24) is 10.9 Å². The Morgan fingerprint density at radius 2 is 1.95 bits per heavy atom. The van der Waals surface area contributed by atoms with E-state index in [1.54, 1.807) is 21.3 Å². The number of carbonyl (C=O) groups is 1. The lowest BCUT2D eigenvalue weighted by Crippen LogP contribution is -2.42. The van der Waals surface area contributed by atoms with Crippen LogP contribution in [0.3, 0.4) is 0 Å². The zero-order valence-electron chi connectivity index (χ0n) is 11.8. The lowest BCUT2D eigenvalue weighted by molar-refractivity contribution is -0.124. The minimum absolute atomic E-state index is 0.0124. The van der Waals surface area contributed by atoms with Crippen molar-refractivity contribution in [2.45, 2.75) is 25.2 Å². The Morgan fingerprint density at radius 3 is 2.42 bits per heavy atom. The van der Waals surface area contributed by atoms with Crippen LogP contribution in [0.4, 0.5) is 0 Å². The summed E-state index contributed by atoms with van der Waals surface area (Å²) in [7, 11) is 4.92. The number of aryl methyl sites for hydroxylation is 1. The van der Waals surface area contributed by atoms with Gasteiger partial charge in [-0.2, -0.15) is 0 Å². The maximum Gasteiger partial charge on any atom is 0.244 e. The van der Waals surface area contributed by atoms with Crippen LogP contribution in [0.2, 0.25) is 0 Å². The van der Waals surface area contributed by atoms with Crippen LogP contribution in [0.15, 0.2) is 12.1 Å². The number of carbonyl (C=O) groups excluding carboxylic acids is 1. The highest BCUT2D eigenvalue weighted by Crippen LogP contribution is 2.53. The molecule has 1 amide bonds. The lowest BCUT2D eigenvalue weighted by atomic mass is 9.90. The molecule has 1 aromatic carbocycles. The SMILES string of the molecule is CNNC(=O)C1(c2c(C)cc(OC)cc2OC)CC1. The number of ether oxygens (including phenoxy) is 2. The molecule has 0 aromatic heterocycles. The zero-order chi connectivity index (χ0) is 14.0. The summed E-state index contributed by atoms with van der Waals surface area (Å²) in [6, 6.07) is 3.76. The fourth-order valence-corrected chi connectivity index (χ4v) is 2.56. The normalized spacial score (nSPS) is 15.8. The first kappa shape index (κ1) is 13.7. The van der Waals surface area contributed by atoms with E-state index >= 15 is 0 Å². The molecule has 0 unspecified atom stereocenters. The molecule has 0 radical (unpaired) electrons. The molecule has 19 heavy (non-hydrogen) atoms. The largest absolute Gasteiger partial charge is 0.497 e. The maximum absolute atomic E-state index is 12.2. The molecule has 1 aliphatic carbocycles. The fourth-order valence-electron chi connectivity index (χ4n) is 2.56. The Kier molecular flexibility index (Phi) is 3.66. The van der Waals surface area contributed by atoms with Crippen LogP contribution in [0.25, 0.3) is 0 Å². The van der Waals surface area contributed by atoms with Crippen molar-refractivity contribution < 1.29 is 14.3 Å². The van der Waals surface area contributed by atoms with E-state index in [1.165, 1.54) is 0 Å². The molecule has 0 spiro atoms. The summed E-state index contributed by atoms with van der Waals surface area (Å²) in [5, 5.41) is 0. The molecule has 0 atom stereocenters. The molecular weight excluding hydrogens is 244 g/mol. The first-order valence-electron chi connectivity index (χ1n) is 6.29. The van der Waals surface area contributed by atoms with Crippen molar-refractivity contribution in [1.29, 1.82) is 0 Å². The first-order chi connectivity index (χ1) is 9.08. The van der Waals surface area contributed by atoms with Gasteiger partial charge in [-0.25, -0.2) is 5.43 Å². The molecule has 1 aliphatic rings. The minimum atomic E-state index is -0.468. The van der Waals surface area contributed by atoms with Gasteiger partial charge in [0.15, 0.2) is 0 Å². The van der Waals surface area contributed by atoms with Crippen molar-refractivity contribution >= 4 is 5.91 Å². The minimum Gasteiger partial charge on any atom is -0.497 e. The number of hydrazine groups is 1. The molecule has 0 aliphatic heterocycles. The standard InChI is InChI=1S/C14H20N2O3/c1-9-7-10(18-3)8-11(19-4)12(9)14(5-6-14)13(17)16-15-2/h7-8,15H,5-6H2,1-4H3,(H,16,17). The molecule has 5 nitrogen and oxygen atoms in total. The van der Waals surface area contributed by atoms with Gasteiger partial charge < -0.3 is 9.47 Å². The smallest absolute Gasteiger partial charge is 0.244 e. The highest BCUT2D eigenvalue weighted by atomic mass is 16.5. The topological polar surface area (TPSA) is 59.6 Å². The van der Waals surface area contributed by atoms with Crippen molar-refractivity contribution in [3.05, 3.63) is 23.3 Å². The molecule has 0 heterocycles. The lowest BCUT2D eigenvalue weighted by Gasteiger charge is -2.21. The monoisotopic (exact) mass is 264 g/mol. The summed E-state index contributed by atoms with van der Waals surface area (Å²) in [4.78, 5) is 12.2. The van der Waals surface area contributed by atoms with Crippen LogP contribution in [0.1, 0.15) is 24.0 Å². The van der Waals surface area contributed by atoms with Crippen molar-refractivity contribution in [3.8, 4) is 11.5 Å². The summed E-state index contributed by atoms with van der Waals surface area (Å²) < 4.78 is 10.7. The third-order valence-corrected chi connectivity index (χ3v) is 3.63. The number of hydrogen-bond donors (Lipinski definition) is 2. The summed E-state index contributed by atoms with van der Waals surface area (Å²) >= 11 is 0. The average molecular weight is 264 g/mol. The van der Waals surface area contributed by atoms with E-state index < -0.39 is 5.41 Å². The molecule has 2 rings (SSSR count). The second-order valence-electron chi connectivity index (χ2n) is 4.81. The van der Waals surface area contributed by atoms with Gasteiger partial charge in [0.2, 0.25) is 5.91 Å². The number of amides is 1. The van der Waals surface area contributed by atoms with E-state index in [0.717, 1.165) is 29.7 Å². The van der Waals surface area contributed by atoms with Crippen LogP contribution < -0.4 is 20.3 Å². The van der Waals surface area contributed by atoms with Gasteiger partial charge in [-0.3, -0.25) is 10.2 Å². The molecular formula is C14H20N2O3. The quantitative estimate of drug-likeness (QED) is 0.787. The Hall–Kier alpha value is -1.75. The van der Waals surface area contributed by atoms with E-state index in [1.807, 2.05) is 19.1 Å². The van der Waals surface area contributed by atoms with Gasteiger partial charge in [-0.15, -0.1) is 0 Å². The van der Waals surface area contributed by atoms with Gasteiger partial charge >= 0.3 is 0 Å². The molecule has 1 aromatic rings. The Morgan fingerprint density at radius 1 is 1.26 bits per heavy atom. The predicted octanol–water partition coefficient (Wildman–Crippen LogP) is 1.29. The number of nitrogens with one attached hydrogen (secondary N) is 2. The number of hydrogen-bond acceptors (Lipinski definition) is 4. The van der Waals surface area contributed by atoms with E-state index in [2.05, 4.69) is 10.9 Å². The summed E-state index contributed by atoms with van der Waals surface area (Å²) in [5.41, 5.74) is 6.88. The van der Waals surface area contributed by atoms with Crippen LogP contribution in [-0.2, 0) is 10.2 Å². The average Bonchev–Trinajstić information content (AvgIpc) is 3.19. The molecule has 0 bridgehead atoms. The van der Waals surface area contributed by atoms with Crippen LogP contribution in [-0.4, -0.2) is 27.2 Å². The predicted molar refractivity (Wildman–Crippen MR) is 72.4 cm³/mol. The highest BCUT2D eigenvalue weighted by molar-refractivity contribution is 5.92. The van der Waals surface area contributed by atoms with Crippen molar-refractivity contribution in [2.24, 2.45) is 0 Å². The fraction of sp³-hybridized carbons (Fsp3) is 0.500. The van der Waals surface area contributed by atoms with Crippen LogP contribution >= 0.6 is 0 Å². The first-order valence-corrected chi connectivity index (χ1v) is 6.29. The van der Waals surface area contributed by atoms with Gasteiger partial charge in [0.25, 0.3) is 0 Å². The Balaban J connectivity index is 2.47. The molecule has 0 saturated heterocycles. The maximum atomic E-state index is 12.2. The van der Waals surface area contributed by atoms with E-state index in [-0.39, 0.29) is 5.91 Å².